The van der Waals surface area contributed by atoms with E-state index in [2.05, 4.69) is 10.3 Å². The summed E-state index contributed by atoms with van der Waals surface area (Å²) in [5, 5.41) is 2.86. The summed E-state index contributed by atoms with van der Waals surface area (Å²) in [6.45, 7) is 4.89. The Bertz CT molecular complexity index is 1200. The molecule has 2 amide bonds. The number of benzene rings is 2. The van der Waals surface area contributed by atoms with Crippen molar-refractivity contribution < 1.29 is 23.5 Å². The molecule has 1 N–H and O–H groups in total. The molecule has 0 saturated carbocycles. The highest BCUT2D eigenvalue weighted by molar-refractivity contribution is 5.94. The third kappa shape index (κ3) is 6.95. The SMILES string of the molecule is COc1ccc(-c2cn(-c3ccc(F)cc3)c(NC(=O)CN(C[C@@H]3CCCO3)C(=O)CC(C)C)n2)cc1. The van der Waals surface area contributed by atoms with Gasteiger partial charge in [0, 0.05) is 37.0 Å². The predicted molar refractivity (Wildman–Crippen MR) is 139 cm³/mol. The average molecular weight is 509 g/mol. The second-order valence-corrected chi connectivity index (χ2v) is 9.58. The van der Waals surface area contributed by atoms with Crippen LogP contribution in [-0.4, -0.2) is 59.2 Å². The van der Waals surface area contributed by atoms with Crippen LogP contribution in [0.25, 0.3) is 16.9 Å². The maximum Gasteiger partial charge on any atom is 0.246 e. The first-order valence-electron chi connectivity index (χ1n) is 12.5. The molecule has 1 aromatic heterocycles. The Morgan fingerprint density at radius 1 is 1.19 bits per heavy atom. The molecule has 0 radical (unpaired) electrons. The molecule has 2 aromatic carbocycles. The van der Waals surface area contributed by atoms with E-state index in [4.69, 9.17) is 9.47 Å². The van der Waals surface area contributed by atoms with Gasteiger partial charge in [0.1, 0.15) is 18.1 Å². The van der Waals surface area contributed by atoms with Crippen LogP contribution in [0.3, 0.4) is 0 Å². The van der Waals surface area contributed by atoms with Gasteiger partial charge in [-0.1, -0.05) is 13.8 Å². The molecule has 1 saturated heterocycles. The molecule has 1 aliphatic heterocycles. The molecular formula is C28H33FN4O4. The van der Waals surface area contributed by atoms with E-state index < -0.39 is 0 Å². The second kappa shape index (κ2) is 12.0. The molecule has 2 heterocycles. The van der Waals surface area contributed by atoms with Gasteiger partial charge in [-0.25, -0.2) is 9.37 Å². The summed E-state index contributed by atoms with van der Waals surface area (Å²) in [5.74, 6) is 0.348. The Kier molecular flexibility index (Phi) is 8.55. The third-order valence-electron chi connectivity index (χ3n) is 6.17. The van der Waals surface area contributed by atoms with E-state index in [-0.39, 0.29) is 42.1 Å². The van der Waals surface area contributed by atoms with Crippen LogP contribution in [0.5, 0.6) is 5.75 Å². The number of methoxy groups -OCH3 is 1. The van der Waals surface area contributed by atoms with E-state index in [1.165, 1.54) is 12.1 Å². The molecule has 0 bridgehead atoms. The number of carbonyl (C=O) groups is 2. The van der Waals surface area contributed by atoms with Crippen LogP contribution in [0.2, 0.25) is 0 Å². The van der Waals surface area contributed by atoms with Crippen molar-refractivity contribution in [3.8, 4) is 22.7 Å². The Morgan fingerprint density at radius 3 is 2.54 bits per heavy atom. The monoisotopic (exact) mass is 508 g/mol. The largest absolute Gasteiger partial charge is 0.497 e. The summed E-state index contributed by atoms with van der Waals surface area (Å²) in [6.07, 6.45) is 3.89. The van der Waals surface area contributed by atoms with Gasteiger partial charge in [0.2, 0.25) is 17.8 Å². The zero-order valence-electron chi connectivity index (χ0n) is 21.4. The topological polar surface area (TPSA) is 85.7 Å². The number of imidazole rings is 1. The van der Waals surface area contributed by atoms with Gasteiger partial charge in [0.15, 0.2) is 0 Å². The zero-order chi connectivity index (χ0) is 26.4. The van der Waals surface area contributed by atoms with Crippen molar-refractivity contribution >= 4 is 17.8 Å². The molecule has 9 heteroatoms. The molecule has 0 aliphatic carbocycles. The minimum absolute atomic E-state index is 0.0632. The highest BCUT2D eigenvalue weighted by Crippen LogP contribution is 2.26. The van der Waals surface area contributed by atoms with E-state index >= 15 is 0 Å². The zero-order valence-corrected chi connectivity index (χ0v) is 21.4. The molecule has 0 spiro atoms. The summed E-state index contributed by atoms with van der Waals surface area (Å²) >= 11 is 0. The molecule has 4 rings (SSSR count). The lowest BCUT2D eigenvalue weighted by molar-refractivity contribution is -0.136. The van der Waals surface area contributed by atoms with Gasteiger partial charge >= 0.3 is 0 Å². The summed E-state index contributed by atoms with van der Waals surface area (Å²) in [5.41, 5.74) is 2.08. The first kappa shape index (κ1) is 26.3. The number of anilines is 1. The first-order valence-corrected chi connectivity index (χ1v) is 12.5. The smallest absolute Gasteiger partial charge is 0.246 e. The predicted octanol–water partition coefficient (Wildman–Crippen LogP) is 4.68. The van der Waals surface area contributed by atoms with Crippen LogP contribution >= 0.6 is 0 Å². The molecule has 8 nitrogen and oxygen atoms in total. The van der Waals surface area contributed by atoms with Gasteiger partial charge < -0.3 is 14.4 Å². The number of hydrogen-bond donors (Lipinski definition) is 1. The van der Waals surface area contributed by atoms with Crippen LogP contribution < -0.4 is 10.1 Å². The molecule has 196 valence electrons. The van der Waals surface area contributed by atoms with Crippen LogP contribution in [0, 0.1) is 11.7 Å². The Labute approximate surface area is 216 Å². The van der Waals surface area contributed by atoms with Gasteiger partial charge in [-0.2, -0.15) is 0 Å². The summed E-state index contributed by atoms with van der Waals surface area (Å²) < 4.78 is 26.2. The van der Waals surface area contributed by atoms with Crippen molar-refractivity contribution in [2.45, 2.75) is 39.2 Å². The van der Waals surface area contributed by atoms with E-state index in [0.29, 0.717) is 36.7 Å². The van der Waals surface area contributed by atoms with Crippen LogP contribution in [0.1, 0.15) is 33.1 Å². The molecule has 0 unspecified atom stereocenters. The fraction of sp³-hybridized carbons (Fsp3) is 0.393. The maximum absolute atomic E-state index is 13.6. The van der Waals surface area contributed by atoms with Crippen molar-refractivity contribution in [3.05, 3.63) is 60.5 Å². The third-order valence-corrected chi connectivity index (χ3v) is 6.17. The van der Waals surface area contributed by atoms with E-state index in [9.17, 15) is 14.0 Å². The van der Waals surface area contributed by atoms with Crippen molar-refractivity contribution in [1.29, 1.82) is 0 Å². The Balaban J connectivity index is 1.58. The quantitative estimate of drug-likeness (QED) is 0.430. The minimum atomic E-state index is -0.370. The van der Waals surface area contributed by atoms with Gasteiger partial charge in [0.05, 0.1) is 18.9 Å². The van der Waals surface area contributed by atoms with Crippen LogP contribution in [0.15, 0.2) is 54.7 Å². The number of aromatic nitrogens is 2. The maximum atomic E-state index is 13.6. The number of nitrogens with one attached hydrogen (secondary N) is 1. The van der Waals surface area contributed by atoms with E-state index in [1.54, 1.807) is 34.9 Å². The summed E-state index contributed by atoms with van der Waals surface area (Å²) in [4.78, 5) is 32.3. The van der Waals surface area contributed by atoms with Crippen molar-refractivity contribution in [2.75, 3.05) is 32.1 Å². The molecule has 3 aromatic rings. The lowest BCUT2D eigenvalue weighted by atomic mass is 10.1. The minimum Gasteiger partial charge on any atom is -0.497 e. The number of rotatable bonds is 10. The first-order chi connectivity index (χ1) is 17.8. The number of halogens is 1. The normalized spacial score (nSPS) is 15.1. The standard InChI is InChI=1S/C28H33FN4O4/c1-19(2)15-27(35)32(16-24-5-4-14-37-24)18-26(34)31-28-30-25(20-6-12-23(36-3)13-7-20)17-33(28)22-10-8-21(29)9-11-22/h6-13,17,19,24H,4-5,14-16,18H2,1-3H3,(H,30,31,34)/t24-/m0/s1. The van der Waals surface area contributed by atoms with Crippen molar-refractivity contribution in [2.24, 2.45) is 5.92 Å². The van der Waals surface area contributed by atoms with Gasteiger partial charge in [0.25, 0.3) is 0 Å². The number of hydrogen-bond acceptors (Lipinski definition) is 5. The molecule has 1 atom stereocenters. The van der Waals surface area contributed by atoms with Crippen molar-refractivity contribution in [3.63, 3.8) is 0 Å². The fourth-order valence-corrected chi connectivity index (χ4v) is 4.27. The number of ether oxygens (including phenoxy) is 2. The van der Waals surface area contributed by atoms with Gasteiger partial charge in [-0.05, 0) is 67.3 Å². The van der Waals surface area contributed by atoms with E-state index in [0.717, 1.165) is 18.4 Å². The van der Waals surface area contributed by atoms with Crippen LogP contribution in [0.4, 0.5) is 10.3 Å². The molecule has 1 aliphatic rings. The van der Waals surface area contributed by atoms with E-state index in [1.807, 2.05) is 38.1 Å². The lowest BCUT2D eigenvalue weighted by Gasteiger charge is -2.25. The lowest BCUT2D eigenvalue weighted by Crippen LogP contribution is -2.42. The van der Waals surface area contributed by atoms with Crippen LogP contribution in [-0.2, 0) is 14.3 Å². The van der Waals surface area contributed by atoms with Crippen molar-refractivity contribution in [1.82, 2.24) is 14.5 Å². The highest BCUT2D eigenvalue weighted by atomic mass is 19.1. The Hall–Kier alpha value is -3.72. The summed E-state index contributed by atoms with van der Waals surface area (Å²) in [7, 11) is 1.60. The number of carbonyl (C=O) groups excluding carboxylic acids is 2. The Morgan fingerprint density at radius 2 is 1.92 bits per heavy atom. The van der Waals surface area contributed by atoms with Gasteiger partial charge in [-0.3, -0.25) is 19.5 Å². The number of amides is 2. The fourth-order valence-electron chi connectivity index (χ4n) is 4.27. The van der Waals surface area contributed by atoms with Gasteiger partial charge in [-0.15, -0.1) is 0 Å². The summed E-state index contributed by atoms with van der Waals surface area (Å²) in [6, 6.07) is 13.3. The molecular weight excluding hydrogens is 475 g/mol. The molecule has 1 fully saturated rings. The second-order valence-electron chi connectivity index (χ2n) is 9.58. The molecule has 37 heavy (non-hydrogen) atoms. The number of nitrogens with zero attached hydrogens (tertiary/aromatic N) is 3. The average Bonchev–Trinajstić information content (AvgIpc) is 3.54. The highest BCUT2D eigenvalue weighted by Gasteiger charge is 2.25.